The SMILES string of the molecule is O=S1(=O)CCN(c2ccc(Br)c(F)c2)CC1. The minimum absolute atomic E-state index is 0.144. The second-order valence-corrected chi connectivity index (χ2v) is 6.90. The van der Waals surface area contributed by atoms with Gasteiger partial charge in [-0.15, -0.1) is 0 Å². The molecule has 0 spiro atoms. The minimum Gasteiger partial charge on any atom is -0.369 e. The lowest BCUT2D eigenvalue weighted by Gasteiger charge is -2.28. The summed E-state index contributed by atoms with van der Waals surface area (Å²) >= 11 is 3.08. The third kappa shape index (κ3) is 2.55. The molecule has 0 radical (unpaired) electrons. The third-order valence-corrected chi connectivity index (χ3v) is 4.87. The zero-order valence-corrected chi connectivity index (χ0v) is 10.9. The molecule has 1 aliphatic rings. The summed E-state index contributed by atoms with van der Waals surface area (Å²) in [4.78, 5) is 1.89. The summed E-state index contributed by atoms with van der Waals surface area (Å²) in [6, 6.07) is 4.83. The van der Waals surface area contributed by atoms with Crippen molar-refractivity contribution in [1.29, 1.82) is 0 Å². The smallest absolute Gasteiger partial charge is 0.153 e. The summed E-state index contributed by atoms with van der Waals surface area (Å²) < 4.78 is 36.2. The summed E-state index contributed by atoms with van der Waals surface area (Å²) in [5.41, 5.74) is 0.732. The zero-order valence-electron chi connectivity index (χ0n) is 8.49. The summed E-state index contributed by atoms with van der Waals surface area (Å²) in [7, 11) is -2.89. The Morgan fingerprint density at radius 1 is 1.25 bits per heavy atom. The Labute approximate surface area is 102 Å². The first kappa shape index (κ1) is 11.9. The lowest BCUT2D eigenvalue weighted by atomic mass is 10.3. The molecule has 6 heteroatoms. The van der Waals surface area contributed by atoms with Crippen molar-refractivity contribution in [2.45, 2.75) is 0 Å². The van der Waals surface area contributed by atoms with Crippen LogP contribution in [0, 0.1) is 5.82 Å². The predicted molar refractivity (Wildman–Crippen MR) is 65.0 cm³/mol. The highest BCUT2D eigenvalue weighted by molar-refractivity contribution is 9.10. The fourth-order valence-electron chi connectivity index (χ4n) is 1.65. The van der Waals surface area contributed by atoms with Crippen LogP contribution < -0.4 is 4.90 Å². The zero-order chi connectivity index (χ0) is 11.8. The number of hydrogen-bond donors (Lipinski definition) is 0. The lowest BCUT2D eigenvalue weighted by molar-refractivity contribution is 0.586. The number of benzene rings is 1. The average molecular weight is 308 g/mol. The van der Waals surface area contributed by atoms with E-state index in [1.165, 1.54) is 6.07 Å². The fraction of sp³-hybridized carbons (Fsp3) is 0.400. The van der Waals surface area contributed by atoms with Crippen LogP contribution in [-0.2, 0) is 9.84 Å². The molecule has 3 nitrogen and oxygen atoms in total. The van der Waals surface area contributed by atoms with Crippen LogP contribution in [-0.4, -0.2) is 33.0 Å². The molecular formula is C10H11BrFNO2S. The van der Waals surface area contributed by atoms with Gasteiger partial charge in [0.15, 0.2) is 9.84 Å². The largest absolute Gasteiger partial charge is 0.369 e. The minimum atomic E-state index is -2.89. The molecule has 1 fully saturated rings. The first-order valence-electron chi connectivity index (χ1n) is 4.88. The van der Waals surface area contributed by atoms with E-state index in [0.717, 1.165) is 5.69 Å². The fourth-order valence-corrected chi connectivity index (χ4v) is 3.10. The molecule has 1 aromatic rings. The van der Waals surface area contributed by atoms with Crippen molar-refractivity contribution in [1.82, 2.24) is 0 Å². The van der Waals surface area contributed by atoms with Crippen LogP contribution in [0.4, 0.5) is 10.1 Å². The van der Waals surface area contributed by atoms with Crippen molar-refractivity contribution in [3.63, 3.8) is 0 Å². The van der Waals surface area contributed by atoms with Crippen molar-refractivity contribution in [2.75, 3.05) is 29.5 Å². The van der Waals surface area contributed by atoms with Crippen LogP contribution in [0.2, 0.25) is 0 Å². The van der Waals surface area contributed by atoms with E-state index in [1.807, 2.05) is 4.90 Å². The first-order valence-corrected chi connectivity index (χ1v) is 7.50. The predicted octanol–water partition coefficient (Wildman–Crippen LogP) is 1.82. The summed E-state index contributed by atoms with van der Waals surface area (Å²) in [5, 5.41) is 0. The van der Waals surface area contributed by atoms with Gasteiger partial charge < -0.3 is 4.90 Å². The van der Waals surface area contributed by atoms with Crippen LogP contribution in [0.5, 0.6) is 0 Å². The van der Waals surface area contributed by atoms with Gasteiger partial charge in [0, 0.05) is 18.8 Å². The van der Waals surface area contributed by atoms with Gasteiger partial charge in [-0.3, -0.25) is 0 Å². The third-order valence-electron chi connectivity index (χ3n) is 2.61. The van der Waals surface area contributed by atoms with Crippen LogP contribution in [0.3, 0.4) is 0 Å². The molecule has 0 amide bonds. The summed E-state index contributed by atoms with van der Waals surface area (Å²) in [5.74, 6) is -0.0408. The van der Waals surface area contributed by atoms with Gasteiger partial charge in [-0.1, -0.05) is 0 Å². The highest BCUT2D eigenvalue weighted by Crippen LogP contribution is 2.23. The summed E-state index contributed by atoms with van der Waals surface area (Å²) in [6.45, 7) is 0.868. The molecule has 0 aliphatic carbocycles. The number of rotatable bonds is 1. The molecule has 0 aromatic heterocycles. The van der Waals surface area contributed by atoms with Gasteiger partial charge in [-0.05, 0) is 34.1 Å². The maximum absolute atomic E-state index is 13.3. The average Bonchev–Trinajstić information content (AvgIpc) is 2.22. The van der Waals surface area contributed by atoms with Gasteiger partial charge in [-0.2, -0.15) is 0 Å². The van der Waals surface area contributed by atoms with Gasteiger partial charge >= 0.3 is 0 Å². The second-order valence-electron chi connectivity index (χ2n) is 3.74. The van der Waals surface area contributed by atoms with Crippen molar-refractivity contribution in [3.8, 4) is 0 Å². The molecule has 0 atom stereocenters. The molecule has 0 saturated carbocycles. The first-order chi connectivity index (χ1) is 7.48. The molecule has 1 saturated heterocycles. The number of anilines is 1. The Balaban J connectivity index is 2.17. The standard InChI is InChI=1S/C10H11BrFNO2S/c11-9-2-1-8(7-10(9)12)13-3-5-16(14,15)6-4-13/h1-2,7H,3-6H2. The van der Waals surface area contributed by atoms with Gasteiger partial charge in [0.2, 0.25) is 0 Å². The molecule has 0 bridgehead atoms. The van der Waals surface area contributed by atoms with E-state index in [4.69, 9.17) is 0 Å². The van der Waals surface area contributed by atoms with Gasteiger partial charge in [0.05, 0.1) is 16.0 Å². The highest BCUT2D eigenvalue weighted by atomic mass is 79.9. The van der Waals surface area contributed by atoms with E-state index in [1.54, 1.807) is 12.1 Å². The van der Waals surface area contributed by atoms with E-state index in [9.17, 15) is 12.8 Å². The van der Waals surface area contributed by atoms with E-state index in [0.29, 0.717) is 17.6 Å². The Bertz CT molecular complexity index is 490. The topological polar surface area (TPSA) is 37.4 Å². The van der Waals surface area contributed by atoms with E-state index < -0.39 is 9.84 Å². The van der Waals surface area contributed by atoms with Crippen LogP contribution in [0.15, 0.2) is 22.7 Å². The maximum Gasteiger partial charge on any atom is 0.153 e. The Morgan fingerprint density at radius 3 is 2.44 bits per heavy atom. The molecule has 16 heavy (non-hydrogen) atoms. The molecular weight excluding hydrogens is 297 g/mol. The Morgan fingerprint density at radius 2 is 1.88 bits per heavy atom. The van der Waals surface area contributed by atoms with E-state index in [-0.39, 0.29) is 17.3 Å². The monoisotopic (exact) mass is 307 g/mol. The van der Waals surface area contributed by atoms with Gasteiger partial charge in [0.25, 0.3) is 0 Å². The molecule has 1 aromatic carbocycles. The van der Waals surface area contributed by atoms with Crippen molar-refractivity contribution >= 4 is 31.5 Å². The van der Waals surface area contributed by atoms with Crippen molar-refractivity contribution in [2.24, 2.45) is 0 Å². The van der Waals surface area contributed by atoms with Crippen LogP contribution in [0.25, 0.3) is 0 Å². The molecule has 0 N–H and O–H groups in total. The normalized spacial score (nSPS) is 19.8. The van der Waals surface area contributed by atoms with Crippen LogP contribution >= 0.6 is 15.9 Å². The number of nitrogens with zero attached hydrogens (tertiary/aromatic N) is 1. The molecule has 1 aliphatic heterocycles. The Kier molecular flexibility index (Phi) is 3.21. The van der Waals surface area contributed by atoms with E-state index >= 15 is 0 Å². The molecule has 0 unspecified atom stereocenters. The van der Waals surface area contributed by atoms with Crippen molar-refractivity contribution in [3.05, 3.63) is 28.5 Å². The molecule has 88 valence electrons. The van der Waals surface area contributed by atoms with Gasteiger partial charge in [-0.25, -0.2) is 12.8 Å². The molecule has 1 heterocycles. The maximum atomic E-state index is 13.3. The number of halogens is 2. The quantitative estimate of drug-likeness (QED) is 0.794. The lowest BCUT2D eigenvalue weighted by Crippen LogP contribution is -2.40. The van der Waals surface area contributed by atoms with Gasteiger partial charge in [0.1, 0.15) is 5.82 Å². The molecule has 2 rings (SSSR count). The highest BCUT2D eigenvalue weighted by Gasteiger charge is 2.22. The number of sulfone groups is 1. The van der Waals surface area contributed by atoms with Crippen molar-refractivity contribution < 1.29 is 12.8 Å². The number of hydrogen-bond acceptors (Lipinski definition) is 3. The second kappa shape index (κ2) is 4.33. The van der Waals surface area contributed by atoms with E-state index in [2.05, 4.69) is 15.9 Å². The summed E-state index contributed by atoms with van der Waals surface area (Å²) in [6.07, 6.45) is 0. The van der Waals surface area contributed by atoms with Crippen LogP contribution in [0.1, 0.15) is 0 Å². The Hall–Kier alpha value is -0.620.